The Labute approximate surface area is 719 Å². The van der Waals surface area contributed by atoms with E-state index in [-0.39, 0.29) is 74.0 Å². The average molecular weight is 1720 g/mol. The summed E-state index contributed by atoms with van der Waals surface area (Å²) in [5.74, 6) is 1.78. The van der Waals surface area contributed by atoms with Gasteiger partial charge in [0.05, 0.1) is 75.1 Å². The second-order valence-electron chi connectivity index (χ2n) is 36.7. The molecule has 8 amide bonds. The minimum absolute atomic E-state index is 0.0535. The van der Waals surface area contributed by atoms with Crippen molar-refractivity contribution in [3.63, 3.8) is 0 Å². The van der Waals surface area contributed by atoms with E-state index in [2.05, 4.69) is 19.9 Å². The van der Waals surface area contributed by atoms with E-state index >= 15 is 17.6 Å². The van der Waals surface area contributed by atoms with Crippen LogP contribution in [0.25, 0.3) is 45.3 Å². The highest BCUT2D eigenvalue weighted by molar-refractivity contribution is 5.98. The number of piperidine rings is 4. The topological polar surface area (TPSA) is 304 Å². The summed E-state index contributed by atoms with van der Waals surface area (Å²) >= 11 is 0. The second-order valence-corrected chi connectivity index (χ2v) is 36.7. The van der Waals surface area contributed by atoms with E-state index in [0.717, 1.165) is 73.6 Å². The van der Waals surface area contributed by atoms with Crippen molar-refractivity contribution in [2.45, 2.75) is 256 Å². The quantitative estimate of drug-likeness (QED) is 0.0641. The van der Waals surface area contributed by atoms with Crippen LogP contribution in [0, 0.1) is 0 Å². The van der Waals surface area contributed by atoms with E-state index in [1.165, 1.54) is 45.2 Å². The van der Waals surface area contributed by atoms with Gasteiger partial charge in [0.15, 0.2) is 48.6 Å². The fourth-order valence-corrected chi connectivity index (χ4v) is 15.7. The Morgan fingerprint density at radius 3 is 0.613 bits per heavy atom. The molecule has 124 heavy (non-hydrogen) atoms. The molecule has 8 heterocycles. The van der Waals surface area contributed by atoms with Crippen molar-refractivity contribution in [3.8, 4) is 45.3 Å². The van der Waals surface area contributed by atoms with Crippen LogP contribution in [0.2, 0.25) is 0 Å². The summed E-state index contributed by atoms with van der Waals surface area (Å²) in [6, 6.07) is 26.3. The van der Waals surface area contributed by atoms with Gasteiger partial charge in [-0.1, -0.05) is 48.5 Å². The lowest BCUT2D eigenvalue weighted by atomic mass is 9.99. The average Bonchev–Trinajstić information content (AvgIpc) is 1.61. The third-order valence-electron chi connectivity index (χ3n) is 22.2. The fourth-order valence-electron chi connectivity index (χ4n) is 15.7. The number of rotatable bonds is 16. The van der Waals surface area contributed by atoms with Gasteiger partial charge in [-0.15, -0.1) is 0 Å². The first kappa shape index (κ1) is 90.1. The number of oxazole rings is 4. The van der Waals surface area contributed by atoms with E-state index in [9.17, 15) is 38.4 Å². The molecule has 4 aromatic heterocycles. The van der Waals surface area contributed by atoms with Crippen molar-refractivity contribution in [1.82, 2.24) is 59.1 Å². The van der Waals surface area contributed by atoms with Crippen LogP contribution in [0.15, 0.2) is 165 Å². The van der Waals surface area contributed by atoms with Crippen molar-refractivity contribution < 1.29 is 92.5 Å². The van der Waals surface area contributed by atoms with Crippen molar-refractivity contribution in [1.29, 1.82) is 0 Å². The predicted octanol–water partition coefficient (Wildman–Crippen LogP) is 17.2. The minimum atomic E-state index is -1.32. The number of ether oxygens (including phenoxy) is 4. The first-order valence-corrected chi connectivity index (χ1v) is 42.7. The van der Waals surface area contributed by atoms with Crippen LogP contribution >= 0.6 is 0 Å². The number of nitrogens with zero attached hydrogens (tertiary/aromatic N) is 12. The zero-order chi connectivity index (χ0) is 88.7. The largest absolute Gasteiger partial charge is 0.444 e. The Morgan fingerprint density at radius 2 is 0.476 bits per heavy atom. The number of carbonyl (C=O) groups is 8. The number of hydrogen-bond donors (Lipinski definition) is 0. The highest BCUT2D eigenvalue weighted by Crippen LogP contribution is 2.41. The standard InChI is InChI=1S/4C23H28FN3O4/c4*1-23(2,3)31-22(29)26-11-10-19(18(24)13-26)27(17-8-9-17)21(28)16-6-4-15(5-7-16)20-12-25-14-30-20/h4*4-7,12,14,17-19H,8-11,13H2,1-3H3/t2*18-,19+;2*18-,19-/m1010/s1. The van der Waals surface area contributed by atoms with Gasteiger partial charge < -0.3 is 75.8 Å². The first-order valence-electron chi connectivity index (χ1n) is 42.7. The number of likely N-dealkylation sites (tertiary alicyclic amines) is 4. The van der Waals surface area contributed by atoms with Crippen molar-refractivity contribution in [3.05, 3.63) is 170 Å². The number of aromatic nitrogens is 4. The number of hydrogen-bond acceptors (Lipinski definition) is 20. The van der Waals surface area contributed by atoms with Gasteiger partial charge in [-0.25, -0.2) is 56.7 Å². The summed E-state index contributed by atoms with van der Waals surface area (Å²) in [5.41, 5.74) is 2.80. The lowest BCUT2D eigenvalue weighted by Crippen LogP contribution is -2.56. The Hall–Kier alpha value is -11.6. The highest BCUT2D eigenvalue weighted by Gasteiger charge is 2.50. The molecule has 16 rings (SSSR count). The summed E-state index contributed by atoms with van der Waals surface area (Å²) in [7, 11) is 0. The maximum absolute atomic E-state index is 15.2. The van der Waals surface area contributed by atoms with Crippen molar-refractivity contribution in [2.75, 3.05) is 52.4 Å². The number of benzene rings is 4. The Kier molecular flexibility index (Phi) is 27.8. The zero-order valence-electron chi connectivity index (χ0n) is 72.3. The summed E-state index contributed by atoms with van der Waals surface area (Å²) in [6.07, 6.45) is 13.1. The van der Waals surface area contributed by atoms with E-state index < -0.39 is 95.6 Å². The molecule has 0 radical (unpaired) electrons. The highest BCUT2D eigenvalue weighted by atomic mass is 19.1. The lowest BCUT2D eigenvalue weighted by Gasteiger charge is -2.41. The molecule has 8 atom stereocenters. The molecule has 28 nitrogen and oxygen atoms in total. The van der Waals surface area contributed by atoms with Gasteiger partial charge in [0.2, 0.25) is 0 Å². The minimum Gasteiger partial charge on any atom is -0.444 e. The van der Waals surface area contributed by atoms with Crippen LogP contribution in [-0.4, -0.2) is 255 Å². The van der Waals surface area contributed by atoms with Crippen LogP contribution < -0.4 is 0 Å². The number of carbonyl (C=O) groups excluding carboxylic acids is 8. The molecule has 0 N–H and O–H groups in total. The third kappa shape index (κ3) is 23.6. The van der Waals surface area contributed by atoms with Crippen LogP contribution in [-0.2, 0) is 18.9 Å². The number of amides is 8. The molecule has 32 heteroatoms. The van der Waals surface area contributed by atoms with Gasteiger partial charge in [0.1, 0.15) is 47.1 Å². The normalized spacial score (nSPS) is 21.6. The van der Waals surface area contributed by atoms with Crippen molar-refractivity contribution >= 4 is 48.0 Å². The molecule has 8 aromatic rings. The van der Waals surface area contributed by atoms with Gasteiger partial charge >= 0.3 is 24.4 Å². The molecular formula is C92H112F4N12O16. The third-order valence-corrected chi connectivity index (χ3v) is 22.2. The second kappa shape index (κ2) is 38.3. The summed E-state index contributed by atoms with van der Waals surface area (Å²) in [4.78, 5) is 130. The SMILES string of the molecule is CC(C)(C)OC(=O)N1CC[C@@H](N(C(=O)c2ccc(-c3cnco3)cc2)C2CC2)[C@@H](F)C1.CC(C)(C)OC(=O)N1CC[C@@H](N(C(=O)c2ccc(-c3cnco3)cc2)C2CC2)[C@H](F)C1.CC(C)(C)OC(=O)N1CC[C@H](N(C(=O)c2ccc(-c3cnco3)cc2)C2CC2)[C@@H](F)C1.CC(C)(C)OC(=O)N1CC[C@H](N(C(=O)c2ccc(-c3cnco3)cc2)C2CC2)[C@H](F)C1. The maximum Gasteiger partial charge on any atom is 0.410 e. The van der Waals surface area contributed by atoms with Gasteiger partial charge in [-0.3, -0.25) is 19.2 Å². The van der Waals surface area contributed by atoms with Crippen LogP contribution in [0.1, 0.15) is 202 Å². The van der Waals surface area contributed by atoms with Crippen LogP contribution in [0.4, 0.5) is 36.7 Å². The fraction of sp³-hybridized carbons (Fsp3) is 0.522. The van der Waals surface area contributed by atoms with E-state index in [4.69, 9.17) is 36.6 Å². The zero-order valence-corrected chi connectivity index (χ0v) is 72.3. The Balaban J connectivity index is 0.000000142. The van der Waals surface area contributed by atoms with E-state index in [0.29, 0.717) is 97.2 Å². The van der Waals surface area contributed by atoms with E-state index in [1.54, 1.807) is 225 Å². The van der Waals surface area contributed by atoms with Crippen LogP contribution in [0.5, 0.6) is 0 Å². The van der Waals surface area contributed by atoms with E-state index in [1.807, 2.05) is 0 Å². The molecule has 4 aromatic carbocycles. The van der Waals surface area contributed by atoms with Gasteiger partial charge in [0, 0.05) is 94.9 Å². The molecule has 4 saturated heterocycles. The molecule has 8 aliphatic rings. The molecule has 0 unspecified atom stereocenters. The number of halogens is 4. The van der Waals surface area contributed by atoms with Crippen molar-refractivity contribution in [2.24, 2.45) is 0 Å². The summed E-state index contributed by atoms with van der Waals surface area (Å²) in [6.45, 7) is 22.6. The molecule has 4 aliphatic carbocycles. The van der Waals surface area contributed by atoms with Gasteiger partial charge in [-0.2, -0.15) is 0 Å². The molecular weight excluding hydrogens is 1610 g/mol. The maximum atomic E-state index is 15.2. The molecule has 4 aliphatic heterocycles. The molecule has 664 valence electrons. The smallest absolute Gasteiger partial charge is 0.410 e. The molecule has 4 saturated carbocycles. The molecule has 0 bridgehead atoms. The van der Waals surface area contributed by atoms with Gasteiger partial charge in [-0.05, 0) is 209 Å². The summed E-state index contributed by atoms with van der Waals surface area (Å²) in [5, 5.41) is 0. The molecule has 0 spiro atoms. The van der Waals surface area contributed by atoms with Crippen LogP contribution in [0.3, 0.4) is 0 Å². The summed E-state index contributed by atoms with van der Waals surface area (Å²) < 4.78 is 103. The first-order chi connectivity index (χ1) is 58.9. The number of alkyl halides is 4. The predicted molar refractivity (Wildman–Crippen MR) is 449 cm³/mol. The molecule has 8 fully saturated rings. The Morgan fingerprint density at radius 1 is 0.298 bits per heavy atom. The monoisotopic (exact) mass is 1720 g/mol. The Bertz CT molecular complexity index is 4290. The lowest BCUT2D eigenvalue weighted by molar-refractivity contribution is -0.00527. The van der Waals surface area contributed by atoms with Gasteiger partial charge in [0.25, 0.3) is 23.6 Å².